The maximum atomic E-state index is 12.0. The summed E-state index contributed by atoms with van der Waals surface area (Å²) in [5.74, 6) is -1.25. The Morgan fingerprint density at radius 3 is 2.62 bits per heavy atom. The molecule has 0 atom stereocenters. The first-order chi connectivity index (χ1) is 11.7. The molecule has 2 aromatic rings. The molecule has 2 N–H and O–H groups in total. The van der Waals surface area contributed by atoms with E-state index in [0.717, 1.165) is 30.0 Å². The standard InChI is InChI=1S/C18H19N3O3/c22-16-9-8-13-6-2-3-7-14(13)15(16)12-19-20-17(23)18(24)21-10-4-1-5-11-21/h2-3,6-9,12,22H,1,4-5,10-11H2,(H,20,23). The van der Waals surface area contributed by atoms with Gasteiger partial charge in [0.2, 0.25) is 0 Å². The third kappa shape index (κ3) is 3.37. The number of amides is 2. The first kappa shape index (κ1) is 16.0. The summed E-state index contributed by atoms with van der Waals surface area (Å²) in [6.07, 6.45) is 4.29. The number of rotatable bonds is 2. The molecular formula is C18H19N3O3. The van der Waals surface area contributed by atoms with E-state index in [0.29, 0.717) is 18.7 Å². The number of nitrogens with zero attached hydrogens (tertiary/aromatic N) is 2. The van der Waals surface area contributed by atoms with Crippen LogP contribution < -0.4 is 5.43 Å². The third-order valence-corrected chi connectivity index (χ3v) is 4.14. The van der Waals surface area contributed by atoms with Crippen molar-refractivity contribution in [3.05, 3.63) is 42.0 Å². The summed E-state index contributed by atoms with van der Waals surface area (Å²) in [6, 6.07) is 10.9. The molecule has 1 fully saturated rings. The van der Waals surface area contributed by atoms with Crippen LogP contribution in [0.3, 0.4) is 0 Å². The van der Waals surface area contributed by atoms with Crippen molar-refractivity contribution in [1.29, 1.82) is 0 Å². The molecule has 2 amide bonds. The van der Waals surface area contributed by atoms with E-state index >= 15 is 0 Å². The summed E-state index contributed by atoms with van der Waals surface area (Å²) in [7, 11) is 0. The van der Waals surface area contributed by atoms with Crippen molar-refractivity contribution in [1.82, 2.24) is 10.3 Å². The summed E-state index contributed by atoms with van der Waals surface area (Å²) in [4.78, 5) is 25.5. The number of benzene rings is 2. The number of aromatic hydroxyl groups is 1. The van der Waals surface area contributed by atoms with Crippen LogP contribution in [0.2, 0.25) is 0 Å². The second-order valence-electron chi connectivity index (χ2n) is 5.77. The highest BCUT2D eigenvalue weighted by Gasteiger charge is 2.22. The highest BCUT2D eigenvalue weighted by Crippen LogP contribution is 2.25. The van der Waals surface area contributed by atoms with Gasteiger partial charge in [-0.3, -0.25) is 9.59 Å². The van der Waals surface area contributed by atoms with Crippen LogP contribution in [0.1, 0.15) is 24.8 Å². The molecule has 0 unspecified atom stereocenters. The Balaban J connectivity index is 1.71. The Morgan fingerprint density at radius 2 is 1.83 bits per heavy atom. The SMILES string of the molecule is O=C(NN=Cc1c(O)ccc2ccccc12)C(=O)N1CCCCC1. The van der Waals surface area contributed by atoms with Crippen molar-refractivity contribution in [3.8, 4) is 5.75 Å². The molecule has 124 valence electrons. The normalized spacial score (nSPS) is 14.9. The number of piperidine rings is 1. The Kier molecular flexibility index (Phi) is 4.74. The van der Waals surface area contributed by atoms with Crippen LogP contribution in [0.5, 0.6) is 5.75 Å². The molecule has 1 aliphatic rings. The van der Waals surface area contributed by atoms with Crippen molar-refractivity contribution in [3.63, 3.8) is 0 Å². The highest BCUT2D eigenvalue weighted by molar-refractivity contribution is 6.35. The van der Waals surface area contributed by atoms with E-state index in [-0.39, 0.29) is 5.75 Å². The minimum Gasteiger partial charge on any atom is -0.507 e. The quantitative estimate of drug-likeness (QED) is 0.503. The van der Waals surface area contributed by atoms with Gasteiger partial charge in [-0.2, -0.15) is 5.10 Å². The second-order valence-corrected chi connectivity index (χ2v) is 5.77. The summed E-state index contributed by atoms with van der Waals surface area (Å²) < 4.78 is 0. The van der Waals surface area contributed by atoms with E-state index in [1.165, 1.54) is 6.21 Å². The summed E-state index contributed by atoms with van der Waals surface area (Å²) in [5.41, 5.74) is 2.75. The van der Waals surface area contributed by atoms with Gasteiger partial charge >= 0.3 is 11.8 Å². The molecule has 0 spiro atoms. The highest BCUT2D eigenvalue weighted by atomic mass is 16.3. The van der Waals surface area contributed by atoms with Gasteiger partial charge in [0.15, 0.2) is 0 Å². The number of carbonyl (C=O) groups excluding carboxylic acids is 2. The first-order valence-electron chi connectivity index (χ1n) is 8.00. The number of fused-ring (bicyclic) bond motifs is 1. The number of phenolic OH excluding ortho intramolecular Hbond substituents is 1. The van der Waals surface area contributed by atoms with Crippen LogP contribution >= 0.6 is 0 Å². The minimum atomic E-state index is -0.757. The Labute approximate surface area is 139 Å². The first-order valence-corrected chi connectivity index (χ1v) is 8.00. The van der Waals surface area contributed by atoms with E-state index in [1.54, 1.807) is 17.0 Å². The number of nitrogens with one attached hydrogen (secondary N) is 1. The lowest BCUT2D eigenvalue weighted by Crippen LogP contribution is -2.43. The predicted octanol–water partition coefficient (Wildman–Crippen LogP) is 2.01. The minimum absolute atomic E-state index is 0.0639. The summed E-state index contributed by atoms with van der Waals surface area (Å²) >= 11 is 0. The molecule has 1 aliphatic heterocycles. The van der Waals surface area contributed by atoms with Gasteiger partial charge in [0, 0.05) is 18.7 Å². The molecule has 0 saturated carbocycles. The lowest BCUT2D eigenvalue weighted by atomic mass is 10.0. The van der Waals surface area contributed by atoms with E-state index in [9.17, 15) is 14.7 Å². The van der Waals surface area contributed by atoms with Gasteiger partial charge in [0.1, 0.15) is 5.75 Å². The van der Waals surface area contributed by atoms with Crippen LogP contribution in [-0.4, -0.2) is 41.1 Å². The van der Waals surface area contributed by atoms with Crippen LogP contribution in [0.25, 0.3) is 10.8 Å². The van der Waals surface area contributed by atoms with Crippen molar-refractivity contribution in [2.75, 3.05) is 13.1 Å². The third-order valence-electron chi connectivity index (χ3n) is 4.14. The molecule has 1 saturated heterocycles. The summed E-state index contributed by atoms with van der Waals surface area (Å²) in [6.45, 7) is 1.22. The predicted molar refractivity (Wildman–Crippen MR) is 91.8 cm³/mol. The fraction of sp³-hybridized carbons (Fsp3) is 0.278. The smallest absolute Gasteiger partial charge is 0.329 e. The van der Waals surface area contributed by atoms with Crippen molar-refractivity contribution < 1.29 is 14.7 Å². The maximum absolute atomic E-state index is 12.0. The number of hydrogen-bond acceptors (Lipinski definition) is 4. The van der Waals surface area contributed by atoms with E-state index in [1.807, 2.05) is 24.3 Å². The fourth-order valence-corrected chi connectivity index (χ4v) is 2.86. The molecule has 0 radical (unpaired) electrons. The van der Waals surface area contributed by atoms with Gasteiger partial charge in [-0.1, -0.05) is 30.3 Å². The molecule has 2 aromatic carbocycles. The zero-order valence-electron chi connectivity index (χ0n) is 13.2. The van der Waals surface area contributed by atoms with Gasteiger partial charge in [0.05, 0.1) is 6.21 Å². The van der Waals surface area contributed by atoms with Crippen molar-refractivity contribution >= 4 is 28.8 Å². The zero-order chi connectivity index (χ0) is 16.9. The number of hydrazone groups is 1. The van der Waals surface area contributed by atoms with Crippen LogP contribution in [0, 0.1) is 0 Å². The number of phenols is 1. The topological polar surface area (TPSA) is 82.0 Å². The van der Waals surface area contributed by atoms with Gasteiger partial charge in [-0.05, 0) is 36.1 Å². The van der Waals surface area contributed by atoms with E-state index in [4.69, 9.17) is 0 Å². The molecule has 24 heavy (non-hydrogen) atoms. The van der Waals surface area contributed by atoms with Gasteiger partial charge < -0.3 is 10.0 Å². The molecule has 0 aromatic heterocycles. The molecule has 3 rings (SSSR count). The van der Waals surface area contributed by atoms with E-state index < -0.39 is 11.8 Å². The Hall–Kier alpha value is -2.89. The van der Waals surface area contributed by atoms with Crippen LogP contribution in [0.15, 0.2) is 41.5 Å². The molecular weight excluding hydrogens is 306 g/mol. The number of hydrogen-bond donors (Lipinski definition) is 2. The van der Waals surface area contributed by atoms with Crippen molar-refractivity contribution in [2.24, 2.45) is 5.10 Å². The number of carbonyl (C=O) groups is 2. The molecule has 0 aliphatic carbocycles. The Morgan fingerprint density at radius 1 is 1.08 bits per heavy atom. The fourth-order valence-electron chi connectivity index (χ4n) is 2.86. The largest absolute Gasteiger partial charge is 0.507 e. The summed E-state index contributed by atoms with van der Waals surface area (Å²) in [5, 5.41) is 15.6. The lowest BCUT2D eigenvalue weighted by Gasteiger charge is -2.25. The molecule has 0 bridgehead atoms. The van der Waals surface area contributed by atoms with Crippen LogP contribution in [0.4, 0.5) is 0 Å². The molecule has 6 heteroatoms. The number of likely N-dealkylation sites (tertiary alicyclic amines) is 1. The molecule has 1 heterocycles. The average Bonchev–Trinajstić information content (AvgIpc) is 2.63. The maximum Gasteiger partial charge on any atom is 0.329 e. The zero-order valence-corrected chi connectivity index (χ0v) is 13.2. The lowest BCUT2D eigenvalue weighted by molar-refractivity contribution is -0.146. The monoisotopic (exact) mass is 325 g/mol. The second kappa shape index (κ2) is 7.12. The van der Waals surface area contributed by atoms with Crippen LogP contribution in [-0.2, 0) is 9.59 Å². The average molecular weight is 325 g/mol. The van der Waals surface area contributed by atoms with Gasteiger partial charge in [-0.25, -0.2) is 5.43 Å². The molecule has 6 nitrogen and oxygen atoms in total. The van der Waals surface area contributed by atoms with Crippen molar-refractivity contribution in [2.45, 2.75) is 19.3 Å². The van der Waals surface area contributed by atoms with Gasteiger partial charge in [0.25, 0.3) is 0 Å². The Bertz CT molecular complexity index is 795. The van der Waals surface area contributed by atoms with Gasteiger partial charge in [-0.15, -0.1) is 0 Å². The van der Waals surface area contributed by atoms with E-state index in [2.05, 4.69) is 10.5 Å².